The van der Waals surface area contributed by atoms with E-state index in [1.807, 2.05) is 35.2 Å². The standard InChI is InChI=1S/C21H22N4O2/c1-2-14-7-9-15(10-8-14)21-23-19(27-24-21)13-25-12-17-6-4-3-5-16(17)11-18(25)20(22)26/h3-10,18H,2,11-13H2,1H3,(H2,22,26)/t18-/m0/s1. The highest BCUT2D eigenvalue weighted by atomic mass is 16.5. The Balaban J connectivity index is 1.54. The molecule has 1 aromatic heterocycles. The fraction of sp³-hybridized carbons (Fsp3) is 0.286. The summed E-state index contributed by atoms with van der Waals surface area (Å²) in [5.74, 6) is 0.704. The monoisotopic (exact) mass is 362 g/mol. The van der Waals surface area contributed by atoms with Crippen molar-refractivity contribution in [2.75, 3.05) is 0 Å². The van der Waals surface area contributed by atoms with Crippen molar-refractivity contribution in [2.45, 2.75) is 38.9 Å². The number of carbonyl (C=O) groups excluding carboxylic acids is 1. The minimum absolute atomic E-state index is 0.334. The van der Waals surface area contributed by atoms with Crippen molar-refractivity contribution in [2.24, 2.45) is 5.73 Å². The molecule has 0 spiro atoms. The van der Waals surface area contributed by atoms with Crippen molar-refractivity contribution in [1.29, 1.82) is 0 Å². The van der Waals surface area contributed by atoms with E-state index in [1.54, 1.807) is 0 Å². The van der Waals surface area contributed by atoms with E-state index in [9.17, 15) is 4.79 Å². The molecule has 27 heavy (non-hydrogen) atoms. The lowest BCUT2D eigenvalue weighted by atomic mass is 9.93. The quantitative estimate of drug-likeness (QED) is 0.754. The zero-order chi connectivity index (χ0) is 18.8. The maximum absolute atomic E-state index is 12.0. The summed E-state index contributed by atoms with van der Waals surface area (Å²) in [6, 6.07) is 15.9. The maximum Gasteiger partial charge on any atom is 0.241 e. The third-order valence-corrected chi connectivity index (χ3v) is 5.10. The number of hydrogen-bond acceptors (Lipinski definition) is 5. The highest BCUT2D eigenvalue weighted by Gasteiger charge is 2.31. The number of benzene rings is 2. The van der Waals surface area contributed by atoms with Crippen LogP contribution in [-0.2, 0) is 30.7 Å². The van der Waals surface area contributed by atoms with Crippen LogP contribution >= 0.6 is 0 Å². The van der Waals surface area contributed by atoms with E-state index in [0.29, 0.717) is 31.2 Å². The molecule has 0 saturated heterocycles. The summed E-state index contributed by atoms with van der Waals surface area (Å²) in [6.45, 7) is 3.14. The second-order valence-electron chi connectivity index (χ2n) is 6.86. The third kappa shape index (κ3) is 3.61. The summed E-state index contributed by atoms with van der Waals surface area (Å²) in [5, 5.41) is 4.09. The van der Waals surface area contributed by atoms with Gasteiger partial charge < -0.3 is 10.3 Å². The molecule has 0 unspecified atom stereocenters. The SMILES string of the molecule is CCc1ccc(-c2noc(CN3Cc4ccccc4C[C@H]3C(N)=O)n2)cc1. The summed E-state index contributed by atoms with van der Waals surface area (Å²) < 4.78 is 5.44. The van der Waals surface area contributed by atoms with Crippen LogP contribution in [-0.4, -0.2) is 27.0 Å². The molecule has 1 amide bonds. The molecule has 1 aliphatic rings. The summed E-state index contributed by atoms with van der Waals surface area (Å²) in [6.07, 6.45) is 1.59. The Bertz CT molecular complexity index is 949. The average molecular weight is 362 g/mol. The lowest BCUT2D eigenvalue weighted by molar-refractivity contribution is -0.124. The first-order chi connectivity index (χ1) is 13.1. The first-order valence-electron chi connectivity index (χ1n) is 9.16. The first kappa shape index (κ1) is 17.4. The molecule has 6 heteroatoms. The van der Waals surface area contributed by atoms with Gasteiger partial charge in [-0.15, -0.1) is 0 Å². The van der Waals surface area contributed by atoms with E-state index >= 15 is 0 Å². The minimum Gasteiger partial charge on any atom is -0.368 e. The smallest absolute Gasteiger partial charge is 0.241 e. The van der Waals surface area contributed by atoms with Crippen molar-refractivity contribution in [3.63, 3.8) is 0 Å². The predicted molar refractivity (Wildman–Crippen MR) is 101 cm³/mol. The average Bonchev–Trinajstić information content (AvgIpc) is 3.16. The normalized spacial score (nSPS) is 16.9. The number of primary amides is 1. The van der Waals surface area contributed by atoms with E-state index in [4.69, 9.17) is 10.3 Å². The number of fused-ring (bicyclic) bond motifs is 1. The number of hydrogen-bond donors (Lipinski definition) is 1. The minimum atomic E-state index is -0.376. The number of nitrogens with zero attached hydrogens (tertiary/aromatic N) is 3. The van der Waals surface area contributed by atoms with Crippen LogP contribution in [0.3, 0.4) is 0 Å². The largest absolute Gasteiger partial charge is 0.368 e. The van der Waals surface area contributed by atoms with Gasteiger partial charge in [0.1, 0.15) is 0 Å². The van der Waals surface area contributed by atoms with E-state index in [0.717, 1.165) is 12.0 Å². The summed E-state index contributed by atoms with van der Waals surface area (Å²) in [7, 11) is 0. The van der Waals surface area contributed by atoms with Gasteiger partial charge in [-0.25, -0.2) is 0 Å². The Morgan fingerprint density at radius 1 is 1.19 bits per heavy atom. The van der Waals surface area contributed by atoms with Gasteiger partial charge in [-0.05, 0) is 29.5 Å². The highest BCUT2D eigenvalue weighted by Crippen LogP contribution is 2.25. The van der Waals surface area contributed by atoms with Crippen LogP contribution in [0.4, 0.5) is 0 Å². The Labute approximate surface area is 158 Å². The van der Waals surface area contributed by atoms with Gasteiger partial charge in [0.15, 0.2) is 0 Å². The van der Waals surface area contributed by atoms with Crippen molar-refractivity contribution in [1.82, 2.24) is 15.0 Å². The van der Waals surface area contributed by atoms with E-state index in [1.165, 1.54) is 16.7 Å². The molecule has 1 aliphatic heterocycles. The molecule has 6 nitrogen and oxygen atoms in total. The van der Waals surface area contributed by atoms with Gasteiger partial charge in [0, 0.05) is 12.1 Å². The van der Waals surface area contributed by atoms with E-state index in [-0.39, 0.29) is 11.9 Å². The summed E-state index contributed by atoms with van der Waals surface area (Å²) in [4.78, 5) is 18.5. The molecule has 2 N–H and O–H groups in total. The summed E-state index contributed by atoms with van der Waals surface area (Å²) >= 11 is 0. The second-order valence-corrected chi connectivity index (χ2v) is 6.86. The highest BCUT2D eigenvalue weighted by molar-refractivity contribution is 5.80. The van der Waals surface area contributed by atoms with Gasteiger partial charge in [0.2, 0.25) is 17.6 Å². The zero-order valence-electron chi connectivity index (χ0n) is 15.3. The number of aryl methyl sites for hydroxylation is 1. The fourth-order valence-electron chi connectivity index (χ4n) is 3.52. The Kier molecular flexibility index (Phi) is 4.73. The molecule has 0 saturated carbocycles. The molecule has 1 atom stereocenters. The van der Waals surface area contributed by atoms with E-state index in [2.05, 4.69) is 35.3 Å². The second kappa shape index (κ2) is 7.32. The maximum atomic E-state index is 12.0. The molecule has 138 valence electrons. The van der Waals surface area contributed by atoms with Gasteiger partial charge in [-0.2, -0.15) is 4.98 Å². The van der Waals surface area contributed by atoms with E-state index < -0.39 is 0 Å². The Morgan fingerprint density at radius 2 is 1.93 bits per heavy atom. The Morgan fingerprint density at radius 3 is 2.63 bits per heavy atom. The molecular formula is C21H22N4O2. The lowest BCUT2D eigenvalue weighted by Crippen LogP contribution is -2.48. The lowest BCUT2D eigenvalue weighted by Gasteiger charge is -2.33. The number of nitrogens with two attached hydrogens (primary N) is 1. The number of rotatable bonds is 5. The van der Waals surface area contributed by atoms with Crippen LogP contribution in [0.1, 0.15) is 29.5 Å². The van der Waals surface area contributed by atoms with Crippen LogP contribution in [0.2, 0.25) is 0 Å². The molecule has 0 aliphatic carbocycles. The topological polar surface area (TPSA) is 85.3 Å². The number of amides is 1. The van der Waals surface area contributed by atoms with Gasteiger partial charge in [0.05, 0.1) is 12.6 Å². The van der Waals surface area contributed by atoms with Crippen molar-refractivity contribution in [3.05, 3.63) is 71.1 Å². The predicted octanol–water partition coefficient (Wildman–Crippen LogP) is 2.71. The molecule has 2 heterocycles. The number of carbonyl (C=O) groups is 1. The van der Waals surface area contributed by atoms with Crippen molar-refractivity contribution >= 4 is 5.91 Å². The molecule has 0 radical (unpaired) electrons. The van der Waals surface area contributed by atoms with Gasteiger partial charge in [0.25, 0.3) is 0 Å². The van der Waals surface area contributed by atoms with Crippen LogP contribution in [0.5, 0.6) is 0 Å². The van der Waals surface area contributed by atoms with Crippen molar-refractivity contribution in [3.8, 4) is 11.4 Å². The third-order valence-electron chi connectivity index (χ3n) is 5.10. The van der Waals surface area contributed by atoms with Crippen LogP contribution in [0, 0.1) is 0 Å². The van der Waals surface area contributed by atoms with Gasteiger partial charge >= 0.3 is 0 Å². The zero-order valence-corrected chi connectivity index (χ0v) is 15.3. The number of aromatic nitrogens is 2. The van der Waals surface area contributed by atoms with Crippen LogP contribution in [0.25, 0.3) is 11.4 Å². The molecule has 0 bridgehead atoms. The molecule has 4 rings (SSSR count). The summed E-state index contributed by atoms with van der Waals surface area (Å²) in [5.41, 5.74) is 10.2. The van der Waals surface area contributed by atoms with Gasteiger partial charge in [-0.1, -0.05) is 60.6 Å². The first-order valence-corrected chi connectivity index (χ1v) is 9.16. The van der Waals surface area contributed by atoms with Gasteiger partial charge in [-0.3, -0.25) is 9.69 Å². The Hall–Kier alpha value is -2.99. The molecule has 2 aromatic carbocycles. The molecule has 0 fully saturated rings. The van der Waals surface area contributed by atoms with Crippen LogP contribution < -0.4 is 5.73 Å². The molecule has 3 aromatic rings. The van der Waals surface area contributed by atoms with Crippen molar-refractivity contribution < 1.29 is 9.32 Å². The molecular weight excluding hydrogens is 340 g/mol. The van der Waals surface area contributed by atoms with Crippen LogP contribution in [0.15, 0.2) is 53.1 Å². The fourth-order valence-corrected chi connectivity index (χ4v) is 3.52.